The molecule has 0 fully saturated rings. The fourth-order valence-corrected chi connectivity index (χ4v) is 3.43. The normalized spacial score (nSPS) is 14.0. The molecular weight excluding hydrogens is 376 g/mol. The molecule has 0 aromatic heterocycles. The summed E-state index contributed by atoms with van der Waals surface area (Å²) < 4.78 is 11.0. The zero-order valence-corrected chi connectivity index (χ0v) is 19.7. The first-order chi connectivity index (χ1) is 14.4. The van der Waals surface area contributed by atoms with Crippen molar-refractivity contribution in [2.24, 2.45) is 17.8 Å². The Bertz CT molecular complexity index is 625. The van der Waals surface area contributed by atoms with Gasteiger partial charge in [0.15, 0.2) is 0 Å². The van der Waals surface area contributed by atoms with Crippen LogP contribution in [-0.4, -0.2) is 25.2 Å². The van der Waals surface area contributed by atoms with Crippen molar-refractivity contribution in [3.63, 3.8) is 0 Å². The van der Waals surface area contributed by atoms with Gasteiger partial charge in [-0.3, -0.25) is 0 Å². The molecule has 0 aliphatic carbocycles. The molecule has 0 saturated heterocycles. The predicted octanol–water partition coefficient (Wildman–Crippen LogP) is 7.07. The molecule has 1 aromatic rings. The van der Waals surface area contributed by atoms with Crippen molar-refractivity contribution in [2.75, 3.05) is 13.2 Å². The lowest BCUT2D eigenvalue weighted by Gasteiger charge is -2.16. The smallest absolute Gasteiger partial charge is 0.339 e. The highest BCUT2D eigenvalue weighted by Crippen LogP contribution is 2.19. The van der Waals surface area contributed by atoms with Crippen molar-refractivity contribution in [3.8, 4) is 0 Å². The van der Waals surface area contributed by atoms with Gasteiger partial charge in [0.25, 0.3) is 0 Å². The number of carbonyl (C=O) groups excluding carboxylic acids is 2. The van der Waals surface area contributed by atoms with E-state index in [9.17, 15) is 9.59 Å². The fourth-order valence-electron chi connectivity index (χ4n) is 3.43. The van der Waals surface area contributed by atoms with E-state index in [1.807, 2.05) is 0 Å². The molecule has 0 aliphatic rings. The first kappa shape index (κ1) is 26.2. The molecular formula is C26H42O4. The van der Waals surface area contributed by atoms with E-state index in [-0.39, 0.29) is 11.1 Å². The van der Waals surface area contributed by atoms with Gasteiger partial charge < -0.3 is 9.47 Å². The van der Waals surface area contributed by atoms with Crippen LogP contribution in [0, 0.1) is 17.8 Å². The molecule has 30 heavy (non-hydrogen) atoms. The monoisotopic (exact) mass is 418 g/mol. The number of rotatable bonds is 15. The number of unbranched alkanes of at least 4 members (excludes halogenated alkanes) is 1. The van der Waals surface area contributed by atoms with E-state index in [0.717, 1.165) is 25.7 Å². The Labute approximate surface area is 183 Å². The SMILES string of the molecule is CCCCC(CC)CCOC(=O)c1ccccc1C(=O)OCC(C)CCC(C)CC. The zero-order chi connectivity index (χ0) is 22.4. The molecule has 170 valence electrons. The Kier molecular flexibility index (Phi) is 13.1. The lowest BCUT2D eigenvalue weighted by molar-refractivity contribution is 0.0409. The van der Waals surface area contributed by atoms with Gasteiger partial charge in [-0.1, -0.05) is 85.3 Å². The van der Waals surface area contributed by atoms with Gasteiger partial charge in [-0.05, 0) is 42.7 Å². The highest BCUT2D eigenvalue weighted by atomic mass is 16.5. The van der Waals surface area contributed by atoms with Gasteiger partial charge in [0, 0.05) is 0 Å². The van der Waals surface area contributed by atoms with Crippen LogP contribution in [0.1, 0.15) is 107 Å². The molecule has 0 aliphatic heterocycles. The van der Waals surface area contributed by atoms with Crippen LogP contribution in [0.15, 0.2) is 24.3 Å². The van der Waals surface area contributed by atoms with Crippen LogP contribution in [0.4, 0.5) is 0 Å². The summed E-state index contributed by atoms with van der Waals surface area (Å²) in [6, 6.07) is 6.77. The number of carbonyl (C=O) groups is 2. The first-order valence-corrected chi connectivity index (χ1v) is 11.9. The van der Waals surface area contributed by atoms with Gasteiger partial charge in [-0.25, -0.2) is 9.59 Å². The van der Waals surface area contributed by atoms with Gasteiger partial charge >= 0.3 is 11.9 Å². The highest BCUT2D eigenvalue weighted by molar-refractivity contribution is 6.03. The van der Waals surface area contributed by atoms with E-state index >= 15 is 0 Å². The predicted molar refractivity (Wildman–Crippen MR) is 123 cm³/mol. The van der Waals surface area contributed by atoms with Crippen molar-refractivity contribution in [2.45, 2.75) is 86.0 Å². The maximum atomic E-state index is 12.6. The molecule has 3 unspecified atom stereocenters. The second kappa shape index (κ2) is 15.0. The van der Waals surface area contributed by atoms with Crippen LogP contribution in [0.3, 0.4) is 0 Å². The van der Waals surface area contributed by atoms with Gasteiger partial charge in [0.2, 0.25) is 0 Å². The summed E-state index contributed by atoms with van der Waals surface area (Å²) >= 11 is 0. The van der Waals surface area contributed by atoms with E-state index in [2.05, 4.69) is 34.6 Å². The average Bonchev–Trinajstić information content (AvgIpc) is 2.77. The Morgan fingerprint density at radius 2 is 1.40 bits per heavy atom. The lowest BCUT2D eigenvalue weighted by Crippen LogP contribution is -2.17. The van der Waals surface area contributed by atoms with Crippen LogP contribution < -0.4 is 0 Å². The largest absolute Gasteiger partial charge is 0.462 e. The lowest BCUT2D eigenvalue weighted by atomic mass is 9.96. The summed E-state index contributed by atoms with van der Waals surface area (Å²) in [5, 5.41) is 0. The van der Waals surface area contributed by atoms with Gasteiger partial charge in [-0.2, -0.15) is 0 Å². The molecule has 0 bridgehead atoms. The van der Waals surface area contributed by atoms with Gasteiger partial charge in [-0.15, -0.1) is 0 Å². The number of benzene rings is 1. The van der Waals surface area contributed by atoms with Crippen molar-refractivity contribution < 1.29 is 19.1 Å². The maximum absolute atomic E-state index is 12.6. The Hall–Kier alpha value is -1.84. The van der Waals surface area contributed by atoms with Crippen molar-refractivity contribution >= 4 is 11.9 Å². The molecule has 0 spiro atoms. The number of ether oxygens (including phenoxy) is 2. The van der Waals surface area contributed by atoms with E-state index in [0.29, 0.717) is 31.0 Å². The molecule has 1 rings (SSSR count). The van der Waals surface area contributed by atoms with E-state index in [1.165, 1.54) is 25.7 Å². The molecule has 1 aromatic carbocycles. The van der Waals surface area contributed by atoms with Gasteiger partial charge in [0.1, 0.15) is 0 Å². The topological polar surface area (TPSA) is 52.6 Å². The Balaban J connectivity index is 2.57. The van der Waals surface area contributed by atoms with E-state index in [4.69, 9.17) is 9.47 Å². The third-order valence-corrected chi connectivity index (χ3v) is 6.02. The highest BCUT2D eigenvalue weighted by Gasteiger charge is 2.20. The van der Waals surface area contributed by atoms with Crippen molar-refractivity contribution in [1.29, 1.82) is 0 Å². The molecule has 3 atom stereocenters. The molecule has 0 radical (unpaired) electrons. The first-order valence-electron chi connectivity index (χ1n) is 11.9. The molecule has 4 nitrogen and oxygen atoms in total. The molecule has 0 saturated carbocycles. The minimum Gasteiger partial charge on any atom is -0.462 e. The molecule has 0 heterocycles. The van der Waals surface area contributed by atoms with Crippen LogP contribution in [0.2, 0.25) is 0 Å². The Morgan fingerprint density at radius 3 is 1.97 bits per heavy atom. The summed E-state index contributed by atoms with van der Waals surface area (Å²) in [6.07, 6.45) is 8.84. The van der Waals surface area contributed by atoms with Crippen molar-refractivity contribution in [3.05, 3.63) is 35.4 Å². The van der Waals surface area contributed by atoms with Crippen LogP contribution >= 0.6 is 0 Å². The summed E-state index contributed by atoms with van der Waals surface area (Å²) in [4.78, 5) is 25.2. The average molecular weight is 419 g/mol. The number of hydrogen-bond acceptors (Lipinski definition) is 4. The molecule has 4 heteroatoms. The number of esters is 2. The third kappa shape index (κ3) is 9.77. The standard InChI is InChI=1S/C26H42O4/c1-6-9-12-22(8-3)17-18-29-25(27)23-13-10-11-14-24(23)26(28)30-19-21(5)16-15-20(4)7-2/h10-11,13-14,20-22H,6-9,12,15-19H2,1-5H3. The van der Waals surface area contributed by atoms with E-state index < -0.39 is 11.9 Å². The second-order valence-electron chi connectivity index (χ2n) is 8.68. The Morgan fingerprint density at radius 1 is 0.800 bits per heavy atom. The molecule has 0 N–H and O–H groups in total. The zero-order valence-electron chi connectivity index (χ0n) is 19.7. The maximum Gasteiger partial charge on any atom is 0.339 e. The minimum atomic E-state index is -0.452. The summed E-state index contributed by atoms with van der Waals surface area (Å²) in [7, 11) is 0. The van der Waals surface area contributed by atoms with Crippen LogP contribution in [0.25, 0.3) is 0 Å². The fraction of sp³-hybridized carbons (Fsp3) is 0.692. The quantitative estimate of drug-likeness (QED) is 0.286. The minimum absolute atomic E-state index is 0.287. The third-order valence-electron chi connectivity index (χ3n) is 6.02. The van der Waals surface area contributed by atoms with Crippen LogP contribution in [0.5, 0.6) is 0 Å². The molecule has 0 amide bonds. The summed E-state index contributed by atoms with van der Waals surface area (Å²) in [5.74, 6) is 0.670. The second-order valence-corrected chi connectivity index (χ2v) is 8.68. The van der Waals surface area contributed by atoms with Gasteiger partial charge in [0.05, 0.1) is 24.3 Å². The van der Waals surface area contributed by atoms with Crippen LogP contribution in [-0.2, 0) is 9.47 Å². The summed E-state index contributed by atoms with van der Waals surface area (Å²) in [5.41, 5.74) is 0.575. The van der Waals surface area contributed by atoms with E-state index in [1.54, 1.807) is 24.3 Å². The van der Waals surface area contributed by atoms with Crippen molar-refractivity contribution in [1.82, 2.24) is 0 Å². The number of hydrogen-bond donors (Lipinski definition) is 0. The summed E-state index contributed by atoms with van der Waals surface area (Å²) in [6.45, 7) is 11.7.